The summed E-state index contributed by atoms with van der Waals surface area (Å²) < 4.78 is 21.4. The molecule has 0 spiro atoms. The second-order valence-electron chi connectivity index (χ2n) is 2.91. The molecule has 1 atom stereocenters. The first-order valence-electron chi connectivity index (χ1n) is 3.87. The zero-order valence-corrected chi connectivity index (χ0v) is 8.11. The molecular formula is C8H11NO4S. The Hall–Kier alpha value is -1.11. The van der Waals surface area contributed by atoms with Crippen LogP contribution in [0, 0.1) is 0 Å². The van der Waals surface area contributed by atoms with E-state index in [9.17, 15) is 8.42 Å². The van der Waals surface area contributed by atoms with Gasteiger partial charge in [0.2, 0.25) is 10.0 Å². The highest BCUT2D eigenvalue weighted by Crippen LogP contribution is 2.12. The lowest BCUT2D eigenvalue weighted by atomic mass is 10.1. The van der Waals surface area contributed by atoms with Crippen LogP contribution in [-0.4, -0.2) is 24.1 Å². The molecule has 0 aromatic heterocycles. The van der Waals surface area contributed by atoms with Gasteiger partial charge in [-0.25, -0.2) is 13.6 Å². The van der Waals surface area contributed by atoms with Crippen LogP contribution in [0.2, 0.25) is 0 Å². The van der Waals surface area contributed by atoms with Gasteiger partial charge in [0, 0.05) is 6.42 Å². The average molecular weight is 217 g/mol. The molecule has 0 heterocycles. The molecular weight excluding hydrogens is 206 g/mol. The Morgan fingerprint density at radius 2 is 1.79 bits per heavy atom. The van der Waals surface area contributed by atoms with Crippen molar-refractivity contribution in [3.05, 3.63) is 29.8 Å². The standard InChI is InChI=1S/C8H11NO4S/c9-14(12,13)8(11)5-6-1-3-7(10)4-2-6/h1-4,8,10-11H,5H2,(H2,9,12,13). The molecule has 0 radical (unpaired) electrons. The Morgan fingerprint density at radius 1 is 1.29 bits per heavy atom. The Bertz CT molecular complexity index is 398. The van der Waals surface area contributed by atoms with Gasteiger partial charge in [-0.3, -0.25) is 0 Å². The Labute approximate surface area is 81.9 Å². The first-order valence-corrected chi connectivity index (χ1v) is 5.48. The molecule has 0 saturated carbocycles. The minimum Gasteiger partial charge on any atom is -0.508 e. The lowest BCUT2D eigenvalue weighted by Crippen LogP contribution is -2.29. The van der Waals surface area contributed by atoms with Crippen LogP contribution < -0.4 is 5.14 Å². The van der Waals surface area contributed by atoms with E-state index in [1.165, 1.54) is 24.3 Å². The van der Waals surface area contributed by atoms with E-state index in [-0.39, 0.29) is 12.2 Å². The molecule has 0 aliphatic carbocycles. The molecule has 0 saturated heterocycles. The van der Waals surface area contributed by atoms with Crippen molar-refractivity contribution in [2.24, 2.45) is 5.14 Å². The lowest BCUT2D eigenvalue weighted by molar-refractivity contribution is 0.249. The fourth-order valence-electron chi connectivity index (χ4n) is 0.950. The summed E-state index contributed by atoms with van der Waals surface area (Å²) in [6, 6.07) is 5.85. The van der Waals surface area contributed by atoms with Crippen LogP contribution in [0.5, 0.6) is 5.75 Å². The van der Waals surface area contributed by atoms with Crippen LogP contribution in [-0.2, 0) is 16.4 Å². The van der Waals surface area contributed by atoms with E-state index in [1.807, 2.05) is 0 Å². The van der Waals surface area contributed by atoms with Gasteiger partial charge in [0.05, 0.1) is 0 Å². The van der Waals surface area contributed by atoms with Crippen LogP contribution in [0.1, 0.15) is 5.56 Å². The van der Waals surface area contributed by atoms with Crippen LogP contribution in [0.3, 0.4) is 0 Å². The number of aromatic hydroxyl groups is 1. The summed E-state index contributed by atoms with van der Waals surface area (Å²) in [5.41, 5.74) is -1.02. The summed E-state index contributed by atoms with van der Waals surface area (Å²) in [6.45, 7) is 0. The van der Waals surface area contributed by atoms with E-state index in [0.29, 0.717) is 5.56 Å². The summed E-state index contributed by atoms with van der Waals surface area (Å²) in [5.74, 6) is 0.0823. The molecule has 0 amide bonds. The molecule has 6 heteroatoms. The molecule has 0 bridgehead atoms. The summed E-state index contributed by atoms with van der Waals surface area (Å²) in [6.07, 6.45) is -0.0842. The van der Waals surface area contributed by atoms with E-state index < -0.39 is 15.5 Å². The monoisotopic (exact) mass is 217 g/mol. The van der Waals surface area contributed by atoms with Crippen molar-refractivity contribution >= 4 is 10.0 Å². The van der Waals surface area contributed by atoms with Gasteiger partial charge < -0.3 is 10.2 Å². The maximum absolute atomic E-state index is 10.7. The first-order chi connectivity index (χ1) is 6.39. The van der Waals surface area contributed by atoms with Crippen molar-refractivity contribution in [1.29, 1.82) is 0 Å². The third kappa shape index (κ3) is 2.99. The van der Waals surface area contributed by atoms with Crippen LogP contribution in [0.4, 0.5) is 0 Å². The Balaban J connectivity index is 2.75. The minimum absolute atomic E-state index is 0.0823. The molecule has 1 rings (SSSR count). The van der Waals surface area contributed by atoms with Crippen molar-refractivity contribution in [2.45, 2.75) is 11.9 Å². The number of aliphatic hydroxyl groups is 1. The second-order valence-corrected chi connectivity index (χ2v) is 4.64. The smallest absolute Gasteiger partial charge is 0.236 e. The highest BCUT2D eigenvalue weighted by atomic mass is 32.2. The third-order valence-corrected chi connectivity index (χ3v) is 2.65. The van der Waals surface area contributed by atoms with Crippen molar-refractivity contribution in [1.82, 2.24) is 0 Å². The van der Waals surface area contributed by atoms with E-state index in [0.717, 1.165) is 0 Å². The average Bonchev–Trinajstić information content (AvgIpc) is 2.07. The summed E-state index contributed by atoms with van der Waals surface area (Å²) in [7, 11) is -3.92. The van der Waals surface area contributed by atoms with Crippen molar-refractivity contribution in [3.63, 3.8) is 0 Å². The molecule has 1 aromatic carbocycles. The van der Waals surface area contributed by atoms with Crippen LogP contribution >= 0.6 is 0 Å². The normalized spacial score (nSPS) is 13.9. The minimum atomic E-state index is -3.92. The van der Waals surface area contributed by atoms with Gasteiger partial charge in [-0.1, -0.05) is 12.1 Å². The lowest BCUT2D eigenvalue weighted by Gasteiger charge is -2.07. The van der Waals surface area contributed by atoms with Crippen molar-refractivity contribution in [2.75, 3.05) is 0 Å². The topological polar surface area (TPSA) is 101 Å². The summed E-state index contributed by atoms with van der Waals surface area (Å²) in [5, 5.41) is 22.8. The van der Waals surface area contributed by atoms with Gasteiger partial charge in [-0.15, -0.1) is 0 Å². The Kier molecular flexibility index (Phi) is 3.10. The molecule has 78 valence electrons. The molecule has 0 aliphatic heterocycles. The van der Waals surface area contributed by atoms with Crippen LogP contribution in [0.15, 0.2) is 24.3 Å². The largest absolute Gasteiger partial charge is 0.508 e. The van der Waals surface area contributed by atoms with Gasteiger partial charge >= 0.3 is 0 Å². The quantitative estimate of drug-likeness (QED) is 0.637. The second kappa shape index (κ2) is 3.95. The highest BCUT2D eigenvalue weighted by molar-refractivity contribution is 7.89. The van der Waals surface area contributed by atoms with E-state index in [4.69, 9.17) is 15.4 Å². The number of phenols is 1. The van der Waals surface area contributed by atoms with Gasteiger partial charge in [0.1, 0.15) is 5.75 Å². The number of benzene rings is 1. The van der Waals surface area contributed by atoms with Crippen molar-refractivity contribution in [3.8, 4) is 5.75 Å². The van der Waals surface area contributed by atoms with Gasteiger partial charge in [0.15, 0.2) is 5.44 Å². The molecule has 1 aromatic rings. The van der Waals surface area contributed by atoms with Crippen LogP contribution in [0.25, 0.3) is 0 Å². The number of phenolic OH excluding ortho intramolecular Hbond substituents is 1. The van der Waals surface area contributed by atoms with E-state index in [1.54, 1.807) is 0 Å². The SMILES string of the molecule is NS(=O)(=O)C(O)Cc1ccc(O)cc1. The summed E-state index contributed by atoms with van der Waals surface area (Å²) in [4.78, 5) is 0. The fraction of sp³-hybridized carbons (Fsp3) is 0.250. The molecule has 14 heavy (non-hydrogen) atoms. The van der Waals surface area contributed by atoms with Crippen molar-refractivity contribution < 1.29 is 18.6 Å². The first kappa shape index (κ1) is 11.0. The predicted octanol–water partition coefficient (Wildman–Crippen LogP) is -0.458. The fourth-order valence-corrected chi connectivity index (χ4v) is 1.37. The zero-order chi connectivity index (χ0) is 10.8. The number of hydrogen-bond donors (Lipinski definition) is 3. The van der Waals surface area contributed by atoms with Gasteiger partial charge in [-0.2, -0.15) is 0 Å². The van der Waals surface area contributed by atoms with E-state index >= 15 is 0 Å². The molecule has 4 N–H and O–H groups in total. The molecule has 5 nitrogen and oxygen atoms in total. The van der Waals surface area contributed by atoms with Gasteiger partial charge in [-0.05, 0) is 17.7 Å². The maximum Gasteiger partial charge on any atom is 0.236 e. The zero-order valence-electron chi connectivity index (χ0n) is 7.29. The predicted molar refractivity (Wildman–Crippen MR) is 50.9 cm³/mol. The molecule has 1 unspecified atom stereocenters. The third-order valence-electron chi connectivity index (χ3n) is 1.73. The number of hydrogen-bond acceptors (Lipinski definition) is 4. The Morgan fingerprint density at radius 3 is 2.21 bits per heavy atom. The summed E-state index contributed by atoms with van der Waals surface area (Å²) >= 11 is 0. The van der Waals surface area contributed by atoms with E-state index in [2.05, 4.69) is 0 Å². The number of sulfonamides is 1. The number of nitrogens with two attached hydrogens (primary N) is 1. The molecule has 0 fully saturated rings. The number of rotatable bonds is 3. The maximum atomic E-state index is 10.7. The highest BCUT2D eigenvalue weighted by Gasteiger charge is 2.17. The van der Waals surface area contributed by atoms with Gasteiger partial charge in [0.25, 0.3) is 0 Å². The number of primary sulfonamides is 1. The number of aliphatic hydroxyl groups excluding tert-OH is 1. The molecule has 0 aliphatic rings.